The number of rotatable bonds is 8. The highest BCUT2D eigenvalue weighted by molar-refractivity contribution is 6.36. The lowest BCUT2D eigenvalue weighted by Crippen LogP contribution is -2.33. The Bertz CT molecular complexity index is 645. The van der Waals surface area contributed by atoms with Gasteiger partial charge >= 0.3 is 0 Å². The number of amides is 1. The van der Waals surface area contributed by atoms with E-state index in [1.54, 1.807) is 30.0 Å². The number of fused-ring (bicyclic) bond motifs is 1. The summed E-state index contributed by atoms with van der Waals surface area (Å²) in [6, 6.07) is 1.63. The van der Waals surface area contributed by atoms with E-state index in [4.69, 9.17) is 27.9 Å². The largest absolute Gasteiger partial charge is 0.383 e. The van der Waals surface area contributed by atoms with Gasteiger partial charge in [0.25, 0.3) is 0 Å². The maximum absolute atomic E-state index is 11.9. The SMILES string of the molecule is COCCNCCNC(=O)Cc1cn2cc(Cl)cc(Cl)c2n1. The molecule has 2 N–H and O–H groups in total. The Hall–Kier alpha value is -1.34. The van der Waals surface area contributed by atoms with Crippen LogP contribution in [0.3, 0.4) is 0 Å². The summed E-state index contributed by atoms with van der Waals surface area (Å²) in [6.07, 6.45) is 3.66. The molecule has 120 valence electrons. The van der Waals surface area contributed by atoms with Gasteiger partial charge in [-0.15, -0.1) is 0 Å². The van der Waals surface area contributed by atoms with Crippen LogP contribution in [0.25, 0.3) is 5.65 Å². The number of hydrogen-bond donors (Lipinski definition) is 2. The van der Waals surface area contributed by atoms with Crippen molar-refractivity contribution in [3.8, 4) is 0 Å². The summed E-state index contributed by atoms with van der Waals surface area (Å²) in [6.45, 7) is 2.67. The highest BCUT2D eigenvalue weighted by atomic mass is 35.5. The number of carbonyl (C=O) groups is 1. The molecule has 0 unspecified atom stereocenters. The van der Waals surface area contributed by atoms with Crippen molar-refractivity contribution in [2.75, 3.05) is 33.4 Å². The number of halogens is 2. The minimum atomic E-state index is -0.0841. The van der Waals surface area contributed by atoms with Crippen LogP contribution in [0, 0.1) is 0 Å². The van der Waals surface area contributed by atoms with Crippen LogP contribution in [0.15, 0.2) is 18.5 Å². The smallest absolute Gasteiger partial charge is 0.226 e. The minimum absolute atomic E-state index is 0.0841. The molecule has 0 radical (unpaired) electrons. The number of nitrogens with one attached hydrogen (secondary N) is 2. The number of methoxy groups -OCH3 is 1. The highest BCUT2D eigenvalue weighted by Gasteiger charge is 2.10. The lowest BCUT2D eigenvalue weighted by atomic mass is 10.3. The first-order valence-electron chi connectivity index (χ1n) is 6.89. The van der Waals surface area contributed by atoms with Crippen molar-refractivity contribution in [3.05, 3.63) is 34.2 Å². The lowest BCUT2D eigenvalue weighted by Gasteiger charge is -2.05. The van der Waals surface area contributed by atoms with Crippen LogP contribution >= 0.6 is 23.2 Å². The number of hydrogen-bond acceptors (Lipinski definition) is 4. The maximum Gasteiger partial charge on any atom is 0.226 e. The van der Waals surface area contributed by atoms with Gasteiger partial charge in [0.15, 0.2) is 5.65 Å². The van der Waals surface area contributed by atoms with Crippen LogP contribution in [0.5, 0.6) is 0 Å². The number of pyridine rings is 1. The number of imidazole rings is 1. The van der Waals surface area contributed by atoms with E-state index in [1.807, 2.05) is 0 Å². The Balaban J connectivity index is 1.83. The normalized spacial score (nSPS) is 11.0. The Kier molecular flexibility index (Phi) is 6.45. The monoisotopic (exact) mass is 344 g/mol. The molecule has 0 aliphatic heterocycles. The summed E-state index contributed by atoms with van der Waals surface area (Å²) < 4.78 is 6.64. The van der Waals surface area contributed by atoms with Gasteiger partial charge in [0.05, 0.1) is 28.8 Å². The minimum Gasteiger partial charge on any atom is -0.383 e. The first-order chi connectivity index (χ1) is 10.6. The fourth-order valence-electron chi connectivity index (χ4n) is 1.98. The van der Waals surface area contributed by atoms with Gasteiger partial charge in [-0.1, -0.05) is 23.2 Å². The summed E-state index contributed by atoms with van der Waals surface area (Å²) in [4.78, 5) is 16.2. The standard InChI is InChI=1S/C14H18Cl2N4O2/c1-22-5-4-17-2-3-18-13(21)7-11-9-20-8-10(15)6-12(16)14(20)19-11/h6,8-9,17H,2-5,7H2,1H3,(H,18,21). The third-order valence-electron chi connectivity index (χ3n) is 2.97. The molecule has 0 aromatic carbocycles. The molecule has 0 aliphatic rings. The number of carbonyl (C=O) groups excluding carboxylic acids is 1. The third kappa shape index (κ3) is 4.84. The zero-order valence-corrected chi connectivity index (χ0v) is 13.7. The fraction of sp³-hybridized carbons (Fsp3) is 0.429. The molecule has 0 spiro atoms. The third-order valence-corrected chi connectivity index (χ3v) is 3.46. The summed E-state index contributed by atoms with van der Waals surface area (Å²) in [7, 11) is 1.65. The van der Waals surface area contributed by atoms with Crippen LogP contribution in [-0.4, -0.2) is 48.6 Å². The van der Waals surface area contributed by atoms with E-state index in [1.165, 1.54) is 0 Å². The second-order valence-corrected chi connectivity index (χ2v) is 5.58. The second-order valence-electron chi connectivity index (χ2n) is 4.74. The predicted molar refractivity (Wildman–Crippen MR) is 86.7 cm³/mol. The van der Waals surface area contributed by atoms with Crippen LogP contribution in [-0.2, 0) is 16.0 Å². The van der Waals surface area contributed by atoms with Gasteiger partial charge in [0.2, 0.25) is 5.91 Å². The van der Waals surface area contributed by atoms with Crippen molar-refractivity contribution in [2.45, 2.75) is 6.42 Å². The first-order valence-corrected chi connectivity index (χ1v) is 7.64. The Labute approximate surface area is 138 Å². The van der Waals surface area contributed by atoms with Crippen LogP contribution in [0.2, 0.25) is 10.0 Å². The van der Waals surface area contributed by atoms with E-state index >= 15 is 0 Å². The average molecular weight is 345 g/mol. The molecule has 0 saturated carbocycles. The predicted octanol–water partition coefficient (Wildman–Crippen LogP) is 1.54. The van der Waals surface area contributed by atoms with E-state index in [-0.39, 0.29) is 12.3 Å². The molecule has 0 aliphatic carbocycles. The van der Waals surface area contributed by atoms with Crippen LogP contribution in [0.1, 0.15) is 5.69 Å². The van der Waals surface area contributed by atoms with E-state index in [2.05, 4.69) is 15.6 Å². The molecule has 2 rings (SSSR count). The Morgan fingerprint density at radius 2 is 2.14 bits per heavy atom. The van der Waals surface area contributed by atoms with Crippen molar-refractivity contribution in [2.24, 2.45) is 0 Å². The molecule has 0 fully saturated rings. The van der Waals surface area contributed by atoms with Crippen molar-refractivity contribution < 1.29 is 9.53 Å². The fourth-order valence-corrected chi connectivity index (χ4v) is 2.50. The first kappa shape index (κ1) is 17.0. The molecule has 0 atom stereocenters. The van der Waals surface area contributed by atoms with Crippen LogP contribution in [0.4, 0.5) is 0 Å². The van der Waals surface area contributed by atoms with Crippen LogP contribution < -0.4 is 10.6 Å². The second kappa shape index (κ2) is 8.33. The zero-order valence-electron chi connectivity index (χ0n) is 12.2. The van der Waals surface area contributed by atoms with Gasteiger partial charge in [0.1, 0.15) is 0 Å². The summed E-state index contributed by atoms with van der Waals surface area (Å²) >= 11 is 12.0. The van der Waals surface area contributed by atoms with E-state index in [0.29, 0.717) is 41.1 Å². The molecule has 2 aromatic heterocycles. The van der Waals surface area contributed by atoms with Crippen molar-refractivity contribution in [1.82, 2.24) is 20.0 Å². The van der Waals surface area contributed by atoms with Gasteiger partial charge < -0.3 is 19.8 Å². The van der Waals surface area contributed by atoms with Gasteiger partial charge in [-0.2, -0.15) is 0 Å². The summed E-state index contributed by atoms with van der Waals surface area (Å²) in [5.74, 6) is -0.0841. The molecular formula is C14H18Cl2N4O2. The molecular weight excluding hydrogens is 327 g/mol. The number of aromatic nitrogens is 2. The molecule has 1 amide bonds. The summed E-state index contributed by atoms with van der Waals surface area (Å²) in [5.41, 5.74) is 1.24. The number of nitrogens with zero attached hydrogens (tertiary/aromatic N) is 2. The Morgan fingerprint density at radius 3 is 2.91 bits per heavy atom. The highest BCUT2D eigenvalue weighted by Crippen LogP contribution is 2.21. The molecule has 0 bridgehead atoms. The van der Waals surface area contributed by atoms with Crippen molar-refractivity contribution in [3.63, 3.8) is 0 Å². The average Bonchev–Trinajstić information content (AvgIpc) is 2.85. The van der Waals surface area contributed by atoms with E-state index < -0.39 is 0 Å². The lowest BCUT2D eigenvalue weighted by molar-refractivity contribution is -0.120. The summed E-state index contributed by atoms with van der Waals surface area (Å²) in [5, 5.41) is 6.96. The van der Waals surface area contributed by atoms with Gasteiger partial charge in [0, 0.05) is 39.1 Å². The molecule has 6 nitrogen and oxygen atoms in total. The van der Waals surface area contributed by atoms with Gasteiger partial charge in [-0.3, -0.25) is 4.79 Å². The Morgan fingerprint density at radius 1 is 1.32 bits per heavy atom. The van der Waals surface area contributed by atoms with Crippen molar-refractivity contribution in [1.29, 1.82) is 0 Å². The topological polar surface area (TPSA) is 67.7 Å². The number of ether oxygens (including phenoxy) is 1. The maximum atomic E-state index is 11.9. The quantitative estimate of drug-likeness (QED) is 0.712. The van der Waals surface area contributed by atoms with Gasteiger partial charge in [-0.25, -0.2) is 4.98 Å². The zero-order chi connectivity index (χ0) is 15.9. The van der Waals surface area contributed by atoms with E-state index in [9.17, 15) is 4.79 Å². The molecule has 0 saturated heterocycles. The van der Waals surface area contributed by atoms with Gasteiger partial charge in [-0.05, 0) is 6.07 Å². The molecule has 22 heavy (non-hydrogen) atoms. The molecule has 2 heterocycles. The molecule has 2 aromatic rings. The van der Waals surface area contributed by atoms with Crippen molar-refractivity contribution >= 4 is 34.8 Å². The molecule has 8 heteroatoms. The van der Waals surface area contributed by atoms with E-state index in [0.717, 1.165) is 6.54 Å².